The van der Waals surface area contributed by atoms with Gasteiger partial charge < -0.3 is 20.1 Å². The summed E-state index contributed by atoms with van der Waals surface area (Å²) < 4.78 is 12.7. The third kappa shape index (κ3) is 4.59. The summed E-state index contributed by atoms with van der Waals surface area (Å²) in [5.41, 5.74) is 3.65. The third-order valence-corrected chi connectivity index (χ3v) is 5.71. The number of hydrogen-bond acceptors (Lipinski definition) is 5. The molecule has 7 nitrogen and oxygen atoms in total. The number of anilines is 2. The summed E-state index contributed by atoms with van der Waals surface area (Å²) in [5, 5.41) is 7.07. The average molecular weight is 456 g/mol. The number of nitrogens with zero attached hydrogens (tertiary/aromatic N) is 1. The van der Waals surface area contributed by atoms with Gasteiger partial charge in [-0.3, -0.25) is 14.2 Å². The summed E-state index contributed by atoms with van der Waals surface area (Å²) in [4.78, 5) is 26.4. The highest BCUT2D eigenvalue weighted by atomic mass is 16.6. The SMILES string of the molecule is Cc1ccc2cc(CNc3ccccc3)c(=O)n(CC(=O)Nc3ccc4c(c3)OCCO4)c2c1. The molecule has 34 heavy (non-hydrogen) atoms. The topological polar surface area (TPSA) is 81.6 Å². The van der Waals surface area contributed by atoms with Gasteiger partial charge in [-0.05, 0) is 54.3 Å². The van der Waals surface area contributed by atoms with Crippen molar-refractivity contribution in [3.8, 4) is 11.5 Å². The van der Waals surface area contributed by atoms with Crippen LogP contribution in [-0.4, -0.2) is 23.7 Å². The molecule has 0 saturated heterocycles. The molecule has 0 radical (unpaired) electrons. The first-order valence-corrected chi connectivity index (χ1v) is 11.2. The number of carbonyl (C=O) groups excluding carboxylic acids is 1. The maximum absolute atomic E-state index is 13.4. The molecule has 1 aromatic heterocycles. The maximum atomic E-state index is 13.4. The van der Waals surface area contributed by atoms with Crippen LogP contribution in [-0.2, 0) is 17.9 Å². The molecule has 0 bridgehead atoms. The van der Waals surface area contributed by atoms with Gasteiger partial charge in [-0.15, -0.1) is 0 Å². The number of fused-ring (bicyclic) bond motifs is 2. The molecule has 0 spiro atoms. The highest BCUT2D eigenvalue weighted by Gasteiger charge is 2.15. The van der Waals surface area contributed by atoms with E-state index in [2.05, 4.69) is 10.6 Å². The molecule has 1 aliphatic heterocycles. The quantitative estimate of drug-likeness (QED) is 0.452. The Bertz CT molecular complexity index is 1410. The Hall–Kier alpha value is -4.26. The summed E-state index contributed by atoms with van der Waals surface area (Å²) in [5.74, 6) is 0.951. The molecule has 4 aromatic rings. The second kappa shape index (κ2) is 9.31. The fourth-order valence-corrected chi connectivity index (χ4v) is 4.04. The molecule has 1 aliphatic rings. The van der Waals surface area contributed by atoms with Crippen molar-refractivity contribution in [2.24, 2.45) is 0 Å². The average Bonchev–Trinajstić information content (AvgIpc) is 2.85. The van der Waals surface area contributed by atoms with Crippen LogP contribution in [0.25, 0.3) is 10.9 Å². The Balaban J connectivity index is 1.42. The Morgan fingerprint density at radius 1 is 0.912 bits per heavy atom. The van der Waals surface area contributed by atoms with E-state index in [0.29, 0.717) is 42.5 Å². The largest absolute Gasteiger partial charge is 0.486 e. The standard InChI is InChI=1S/C27H25N3O4/c1-18-7-8-19-14-20(16-28-21-5-3-2-4-6-21)27(32)30(23(19)13-18)17-26(31)29-22-9-10-24-25(15-22)34-12-11-33-24/h2-10,13-15,28H,11-12,16-17H2,1H3,(H,29,31). The van der Waals surface area contributed by atoms with Gasteiger partial charge in [-0.25, -0.2) is 0 Å². The molecular formula is C27H25N3O4. The van der Waals surface area contributed by atoms with Crippen molar-refractivity contribution in [3.63, 3.8) is 0 Å². The number of nitrogens with one attached hydrogen (secondary N) is 2. The van der Waals surface area contributed by atoms with Crippen LogP contribution >= 0.6 is 0 Å². The monoisotopic (exact) mass is 455 g/mol. The van der Waals surface area contributed by atoms with Crippen LogP contribution in [0.2, 0.25) is 0 Å². The van der Waals surface area contributed by atoms with Crippen molar-refractivity contribution >= 4 is 28.2 Å². The first-order chi connectivity index (χ1) is 16.6. The Kier molecular flexibility index (Phi) is 5.91. The molecular weight excluding hydrogens is 430 g/mol. The van der Waals surface area contributed by atoms with Crippen molar-refractivity contribution in [2.45, 2.75) is 20.0 Å². The van der Waals surface area contributed by atoms with Gasteiger partial charge in [0.1, 0.15) is 19.8 Å². The lowest BCUT2D eigenvalue weighted by atomic mass is 10.1. The van der Waals surface area contributed by atoms with Crippen LogP contribution in [0.15, 0.2) is 77.6 Å². The van der Waals surface area contributed by atoms with Gasteiger partial charge in [0.05, 0.1) is 5.52 Å². The smallest absolute Gasteiger partial charge is 0.256 e. The van der Waals surface area contributed by atoms with Crippen molar-refractivity contribution < 1.29 is 14.3 Å². The lowest BCUT2D eigenvalue weighted by Crippen LogP contribution is -2.30. The van der Waals surface area contributed by atoms with Crippen LogP contribution in [0.4, 0.5) is 11.4 Å². The normalized spacial score (nSPS) is 12.4. The molecule has 0 atom stereocenters. The fourth-order valence-electron chi connectivity index (χ4n) is 4.04. The zero-order chi connectivity index (χ0) is 23.5. The van der Waals surface area contributed by atoms with Gasteiger partial charge in [0, 0.05) is 29.5 Å². The fraction of sp³-hybridized carbons (Fsp3) is 0.185. The summed E-state index contributed by atoms with van der Waals surface area (Å²) in [6.45, 7) is 3.19. The zero-order valence-corrected chi connectivity index (χ0v) is 18.8. The van der Waals surface area contributed by atoms with E-state index in [1.165, 1.54) is 4.57 Å². The van der Waals surface area contributed by atoms with Crippen molar-refractivity contribution in [3.05, 3.63) is 94.3 Å². The van der Waals surface area contributed by atoms with E-state index >= 15 is 0 Å². The van der Waals surface area contributed by atoms with Gasteiger partial charge in [0.15, 0.2) is 11.5 Å². The number of aryl methyl sites for hydroxylation is 1. The number of aromatic nitrogens is 1. The number of hydrogen-bond donors (Lipinski definition) is 2. The molecule has 0 unspecified atom stereocenters. The molecule has 2 N–H and O–H groups in total. The molecule has 172 valence electrons. The Labute approximate surface area is 196 Å². The van der Waals surface area contributed by atoms with Crippen molar-refractivity contribution in [1.82, 2.24) is 4.57 Å². The predicted molar refractivity (Wildman–Crippen MR) is 133 cm³/mol. The van der Waals surface area contributed by atoms with Crippen LogP contribution in [0.5, 0.6) is 11.5 Å². The summed E-state index contributed by atoms with van der Waals surface area (Å²) in [6, 6.07) is 22.8. The van der Waals surface area contributed by atoms with E-state index in [9.17, 15) is 9.59 Å². The van der Waals surface area contributed by atoms with E-state index in [4.69, 9.17) is 9.47 Å². The molecule has 1 amide bonds. The number of carbonyl (C=O) groups is 1. The number of ether oxygens (including phenoxy) is 2. The van der Waals surface area contributed by atoms with Crippen LogP contribution in [0.3, 0.4) is 0 Å². The number of benzene rings is 3. The van der Waals surface area contributed by atoms with E-state index in [0.717, 1.165) is 22.2 Å². The van der Waals surface area contributed by atoms with E-state index in [-0.39, 0.29) is 18.0 Å². The number of para-hydroxylation sites is 1. The van der Waals surface area contributed by atoms with Crippen LogP contribution in [0, 0.1) is 6.92 Å². The highest BCUT2D eigenvalue weighted by Crippen LogP contribution is 2.32. The second-order valence-electron chi connectivity index (χ2n) is 8.25. The molecule has 2 heterocycles. The molecule has 0 aliphatic carbocycles. The van der Waals surface area contributed by atoms with Crippen LogP contribution < -0.4 is 25.7 Å². The first kappa shape index (κ1) is 21.6. The highest BCUT2D eigenvalue weighted by molar-refractivity contribution is 5.92. The molecule has 0 fully saturated rings. The Morgan fingerprint density at radius 2 is 1.71 bits per heavy atom. The van der Waals surface area contributed by atoms with Gasteiger partial charge >= 0.3 is 0 Å². The lowest BCUT2D eigenvalue weighted by Gasteiger charge is -2.19. The predicted octanol–water partition coefficient (Wildman–Crippen LogP) is 4.33. The lowest BCUT2D eigenvalue weighted by molar-refractivity contribution is -0.116. The zero-order valence-electron chi connectivity index (χ0n) is 18.8. The Morgan fingerprint density at radius 3 is 2.53 bits per heavy atom. The molecule has 7 heteroatoms. The number of pyridine rings is 1. The summed E-state index contributed by atoms with van der Waals surface area (Å²) in [6.07, 6.45) is 0. The van der Waals surface area contributed by atoms with Crippen molar-refractivity contribution in [1.29, 1.82) is 0 Å². The number of amides is 1. The van der Waals surface area contributed by atoms with E-state index in [1.54, 1.807) is 18.2 Å². The minimum Gasteiger partial charge on any atom is -0.486 e. The molecule has 5 rings (SSSR count). The van der Waals surface area contributed by atoms with Gasteiger partial charge in [0.2, 0.25) is 5.91 Å². The first-order valence-electron chi connectivity index (χ1n) is 11.2. The minimum absolute atomic E-state index is 0.105. The molecule has 0 saturated carbocycles. The maximum Gasteiger partial charge on any atom is 0.256 e. The van der Waals surface area contributed by atoms with Crippen molar-refractivity contribution in [2.75, 3.05) is 23.8 Å². The summed E-state index contributed by atoms with van der Waals surface area (Å²) in [7, 11) is 0. The van der Waals surface area contributed by atoms with Gasteiger partial charge in [-0.1, -0.05) is 30.3 Å². The summed E-state index contributed by atoms with van der Waals surface area (Å²) >= 11 is 0. The van der Waals surface area contributed by atoms with Gasteiger partial charge in [-0.2, -0.15) is 0 Å². The third-order valence-electron chi connectivity index (χ3n) is 5.71. The second-order valence-corrected chi connectivity index (χ2v) is 8.25. The minimum atomic E-state index is -0.297. The van der Waals surface area contributed by atoms with Crippen LogP contribution in [0.1, 0.15) is 11.1 Å². The van der Waals surface area contributed by atoms with E-state index in [1.807, 2.05) is 61.5 Å². The van der Waals surface area contributed by atoms with E-state index < -0.39 is 0 Å². The van der Waals surface area contributed by atoms with Gasteiger partial charge in [0.25, 0.3) is 5.56 Å². The molecule has 3 aromatic carbocycles. The number of rotatable bonds is 6.